The molecule has 3 aliphatic heterocycles. The van der Waals surface area contributed by atoms with Gasteiger partial charge in [0, 0.05) is 43.2 Å². The Bertz CT molecular complexity index is 852. The van der Waals surface area contributed by atoms with Crippen molar-refractivity contribution in [1.29, 1.82) is 0 Å². The summed E-state index contributed by atoms with van der Waals surface area (Å²) in [4.78, 5) is 39.1. The highest BCUT2D eigenvalue weighted by Crippen LogP contribution is 2.38. The molecule has 0 saturated carbocycles. The third-order valence-corrected chi connectivity index (χ3v) is 6.48. The molecule has 2 fully saturated rings. The van der Waals surface area contributed by atoms with E-state index in [4.69, 9.17) is 5.73 Å². The first-order chi connectivity index (χ1) is 14.4. The summed E-state index contributed by atoms with van der Waals surface area (Å²) in [6.45, 7) is 3.61. The van der Waals surface area contributed by atoms with Gasteiger partial charge in [-0.25, -0.2) is 4.79 Å². The number of rotatable bonds is 6. The summed E-state index contributed by atoms with van der Waals surface area (Å²) in [6, 6.07) is 4.51. The van der Waals surface area contributed by atoms with E-state index in [0.717, 1.165) is 44.6 Å². The zero-order valence-electron chi connectivity index (χ0n) is 17.1. The van der Waals surface area contributed by atoms with Crippen LogP contribution in [0.15, 0.2) is 18.2 Å². The van der Waals surface area contributed by atoms with Crippen LogP contribution in [0.25, 0.3) is 0 Å². The monoisotopic (exact) mass is 415 g/mol. The molecule has 30 heavy (non-hydrogen) atoms. The van der Waals surface area contributed by atoms with Crippen LogP contribution in [0, 0.1) is 5.21 Å². The van der Waals surface area contributed by atoms with E-state index in [0.29, 0.717) is 17.7 Å². The predicted octanol–water partition coefficient (Wildman–Crippen LogP) is 0.685. The second kappa shape index (κ2) is 8.43. The van der Waals surface area contributed by atoms with E-state index in [-0.39, 0.29) is 25.4 Å². The van der Waals surface area contributed by atoms with Crippen LogP contribution in [0.5, 0.6) is 0 Å². The van der Waals surface area contributed by atoms with Gasteiger partial charge < -0.3 is 21.2 Å². The molecule has 0 spiro atoms. The summed E-state index contributed by atoms with van der Waals surface area (Å²) in [5, 5.41) is 19.3. The normalized spacial score (nSPS) is 27.8. The summed E-state index contributed by atoms with van der Waals surface area (Å²) < 4.78 is -1.25. The highest BCUT2D eigenvalue weighted by atomic mass is 16.6. The molecule has 0 radical (unpaired) electrons. The number of likely N-dealkylation sites (tertiary alicyclic amines) is 1. The maximum atomic E-state index is 13.5. The van der Waals surface area contributed by atoms with Crippen LogP contribution in [0.3, 0.4) is 0 Å². The Morgan fingerprint density at radius 1 is 1.20 bits per heavy atom. The number of nitrogens with zero attached hydrogens (tertiary/aromatic N) is 2. The van der Waals surface area contributed by atoms with Crippen molar-refractivity contribution in [3.8, 4) is 0 Å². The van der Waals surface area contributed by atoms with E-state index in [1.54, 1.807) is 12.1 Å². The number of nitrogens with two attached hydrogens (primary N) is 1. The van der Waals surface area contributed by atoms with Gasteiger partial charge in [0.05, 0.1) is 5.56 Å². The lowest BCUT2D eigenvalue weighted by atomic mass is 10.0. The maximum absolute atomic E-state index is 13.5. The van der Waals surface area contributed by atoms with Crippen LogP contribution in [0.4, 0.5) is 5.69 Å². The maximum Gasteiger partial charge on any atom is 0.347 e. The van der Waals surface area contributed by atoms with Crippen molar-refractivity contribution < 1.29 is 19.0 Å². The fourth-order valence-electron chi connectivity index (χ4n) is 4.77. The Labute approximate surface area is 175 Å². The van der Waals surface area contributed by atoms with Gasteiger partial charge in [0.15, 0.2) is 6.04 Å². The molecule has 9 nitrogen and oxygen atoms in total. The van der Waals surface area contributed by atoms with Gasteiger partial charge in [-0.05, 0) is 44.5 Å². The molecule has 2 unspecified atom stereocenters. The smallest absolute Gasteiger partial charge is 0.347 e. The fraction of sp³-hybridized carbons (Fsp3) is 0.571. The highest BCUT2D eigenvalue weighted by Gasteiger charge is 2.50. The van der Waals surface area contributed by atoms with E-state index < -0.39 is 28.4 Å². The standard InChI is InChI=1S/C21H29N5O4/c22-9-2-10-25-11-7-14(8-12-25)23-17-4-1-3-15-16(17)13-26(30,21(15)29)18-5-6-19(27)24-20(18)28/h1,3-4,14,18,23H,2,5-13,22H2,(H,24,27,28). The van der Waals surface area contributed by atoms with Crippen LogP contribution in [-0.4, -0.2) is 65.5 Å². The molecule has 0 bridgehead atoms. The molecule has 0 aromatic heterocycles. The van der Waals surface area contributed by atoms with Gasteiger partial charge in [-0.2, -0.15) is 0 Å². The molecular weight excluding hydrogens is 386 g/mol. The molecule has 0 aliphatic carbocycles. The van der Waals surface area contributed by atoms with E-state index in [9.17, 15) is 19.6 Å². The third kappa shape index (κ3) is 3.85. The predicted molar refractivity (Wildman–Crippen MR) is 111 cm³/mol. The van der Waals surface area contributed by atoms with Crippen molar-refractivity contribution in [2.45, 2.75) is 50.7 Å². The average Bonchev–Trinajstić information content (AvgIpc) is 3.00. The van der Waals surface area contributed by atoms with Crippen LogP contribution in [-0.2, 0) is 16.1 Å². The Hall–Kier alpha value is -2.33. The van der Waals surface area contributed by atoms with Gasteiger partial charge in [-0.1, -0.05) is 6.07 Å². The van der Waals surface area contributed by atoms with Crippen molar-refractivity contribution in [3.05, 3.63) is 34.5 Å². The van der Waals surface area contributed by atoms with Crippen LogP contribution in [0.2, 0.25) is 0 Å². The van der Waals surface area contributed by atoms with Gasteiger partial charge in [-0.15, -0.1) is 0 Å². The fourth-order valence-corrected chi connectivity index (χ4v) is 4.77. The first-order valence-corrected chi connectivity index (χ1v) is 10.7. The lowest BCUT2D eigenvalue weighted by Crippen LogP contribution is -2.60. The molecule has 4 rings (SSSR count). The summed E-state index contributed by atoms with van der Waals surface area (Å²) in [6.07, 6.45) is 3.13. The molecule has 9 heteroatoms. The Kier molecular flexibility index (Phi) is 5.88. The largest absolute Gasteiger partial charge is 0.624 e. The average molecular weight is 415 g/mol. The van der Waals surface area contributed by atoms with Gasteiger partial charge in [0.1, 0.15) is 6.54 Å². The molecule has 1 aromatic carbocycles. The quantitative estimate of drug-likeness (QED) is 0.354. The van der Waals surface area contributed by atoms with Crippen molar-refractivity contribution in [3.63, 3.8) is 0 Å². The number of hydrogen-bond acceptors (Lipinski definition) is 7. The minimum atomic E-state index is -1.25. The van der Waals surface area contributed by atoms with E-state index in [1.165, 1.54) is 0 Å². The zero-order valence-corrected chi connectivity index (χ0v) is 17.1. The number of benzene rings is 1. The summed E-state index contributed by atoms with van der Waals surface area (Å²) >= 11 is 0. The number of carbonyl (C=O) groups excluding carboxylic acids is 3. The van der Waals surface area contributed by atoms with Gasteiger partial charge in [-0.3, -0.25) is 19.6 Å². The van der Waals surface area contributed by atoms with Gasteiger partial charge >= 0.3 is 5.91 Å². The zero-order chi connectivity index (χ0) is 21.3. The van der Waals surface area contributed by atoms with E-state index >= 15 is 0 Å². The van der Waals surface area contributed by atoms with Crippen LogP contribution >= 0.6 is 0 Å². The SMILES string of the molecule is NCCCN1CCC(Nc2cccc3c2C[N+]([O-])(C2CCC(=O)NC2=O)C3=O)CC1. The first kappa shape index (κ1) is 20.9. The second-order valence-electron chi connectivity index (χ2n) is 8.46. The molecule has 3 amide bonds. The van der Waals surface area contributed by atoms with Crippen molar-refractivity contribution >= 4 is 23.4 Å². The number of hydroxylamine groups is 3. The van der Waals surface area contributed by atoms with Crippen LogP contribution < -0.4 is 16.4 Å². The minimum absolute atomic E-state index is 0.0795. The summed E-state index contributed by atoms with van der Waals surface area (Å²) in [5.41, 5.74) is 7.44. The number of hydrogen-bond donors (Lipinski definition) is 3. The highest BCUT2D eigenvalue weighted by molar-refractivity contribution is 6.02. The van der Waals surface area contributed by atoms with Crippen molar-refractivity contribution in [2.24, 2.45) is 5.73 Å². The number of quaternary nitrogens is 1. The number of nitrogens with one attached hydrogen (secondary N) is 2. The summed E-state index contributed by atoms with van der Waals surface area (Å²) in [5.74, 6) is -1.64. The molecule has 2 atom stereocenters. The second-order valence-corrected chi connectivity index (χ2v) is 8.46. The number of anilines is 1. The Balaban J connectivity index is 1.47. The number of fused-ring (bicyclic) bond motifs is 1. The lowest BCUT2D eigenvalue weighted by molar-refractivity contribution is -0.825. The van der Waals surface area contributed by atoms with Gasteiger partial charge in [0.2, 0.25) is 5.91 Å². The Morgan fingerprint density at radius 3 is 2.67 bits per heavy atom. The number of piperidine rings is 2. The minimum Gasteiger partial charge on any atom is -0.624 e. The first-order valence-electron chi connectivity index (χ1n) is 10.7. The van der Waals surface area contributed by atoms with Crippen molar-refractivity contribution in [2.75, 3.05) is 31.5 Å². The Morgan fingerprint density at radius 2 is 1.97 bits per heavy atom. The molecule has 162 valence electrons. The molecule has 3 heterocycles. The lowest BCUT2D eigenvalue weighted by Gasteiger charge is -2.42. The topological polar surface area (TPSA) is 128 Å². The van der Waals surface area contributed by atoms with Crippen molar-refractivity contribution in [1.82, 2.24) is 10.2 Å². The van der Waals surface area contributed by atoms with Gasteiger partial charge in [0.25, 0.3) is 5.91 Å². The molecule has 2 saturated heterocycles. The number of amides is 3. The van der Waals surface area contributed by atoms with E-state index in [2.05, 4.69) is 15.5 Å². The summed E-state index contributed by atoms with van der Waals surface area (Å²) in [7, 11) is 0. The molecular formula is C21H29N5O4. The number of carbonyl (C=O) groups is 3. The van der Waals surface area contributed by atoms with Crippen LogP contribution in [0.1, 0.15) is 48.0 Å². The third-order valence-electron chi connectivity index (χ3n) is 6.48. The molecule has 3 aliphatic rings. The van der Waals surface area contributed by atoms with E-state index in [1.807, 2.05) is 6.07 Å². The molecule has 1 aromatic rings. The molecule has 4 N–H and O–H groups in total. The number of imide groups is 1.